The number of anilines is 3. The Morgan fingerprint density at radius 1 is 0.917 bits per heavy atom. The number of para-hydroxylation sites is 1. The quantitative estimate of drug-likeness (QED) is 0.134. The molecule has 3 aromatic rings. The summed E-state index contributed by atoms with van der Waals surface area (Å²) in [6.07, 6.45) is 0.823. The third-order valence-corrected chi connectivity index (χ3v) is 8.54. The monoisotopic (exact) mass is 679 g/mol. The van der Waals surface area contributed by atoms with Crippen LogP contribution in [-0.4, -0.2) is 78.8 Å². The Bertz CT molecular complexity index is 1530. The molecular weight excluding hydrogens is 629 g/mol. The number of rotatable bonds is 17. The van der Waals surface area contributed by atoms with Crippen molar-refractivity contribution in [3.8, 4) is 11.5 Å². The van der Waals surface area contributed by atoms with E-state index in [1.54, 1.807) is 20.3 Å². The highest BCUT2D eigenvalue weighted by molar-refractivity contribution is 7.09. The third-order valence-electron chi connectivity index (χ3n) is 8.37. The first-order chi connectivity index (χ1) is 23.2. The maximum atomic E-state index is 13.9. The molecule has 0 bridgehead atoms. The Morgan fingerprint density at radius 3 is 2.38 bits per heavy atom. The van der Waals surface area contributed by atoms with Crippen LogP contribution in [-0.2, 0) is 38.4 Å². The molecule has 0 aromatic heterocycles. The number of benzene rings is 3. The molecule has 48 heavy (non-hydrogen) atoms. The topological polar surface area (TPSA) is 91.0 Å². The maximum Gasteiger partial charge on any atom is 0.260 e. The highest BCUT2D eigenvalue weighted by atomic mass is 31.0. The van der Waals surface area contributed by atoms with Crippen LogP contribution in [0.1, 0.15) is 47.8 Å². The largest absolute Gasteiger partial charge is 0.493 e. The number of ether oxygens (including phenoxy) is 5. The van der Waals surface area contributed by atoms with E-state index in [4.69, 9.17) is 28.2 Å². The molecule has 0 aliphatic carbocycles. The fourth-order valence-electron chi connectivity index (χ4n) is 6.27. The van der Waals surface area contributed by atoms with Gasteiger partial charge in [0.2, 0.25) is 0 Å². The fourth-order valence-corrected chi connectivity index (χ4v) is 6.46. The average Bonchev–Trinajstić information content (AvgIpc) is 3.38. The molecule has 10 nitrogen and oxygen atoms in total. The second-order valence-corrected chi connectivity index (χ2v) is 13.7. The molecular formula is C37H50N3O7P. The number of carbonyl (C=O) groups is 1. The maximum absolute atomic E-state index is 13.9. The van der Waals surface area contributed by atoms with Crippen LogP contribution in [0.4, 0.5) is 17.1 Å². The normalized spacial score (nSPS) is 15.3. The van der Waals surface area contributed by atoms with Gasteiger partial charge in [0, 0.05) is 53.7 Å². The van der Waals surface area contributed by atoms with Crippen LogP contribution < -0.4 is 24.6 Å². The molecule has 1 amide bonds. The summed E-state index contributed by atoms with van der Waals surface area (Å²) in [6.45, 7) is 12.4. The Morgan fingerprint density at radius 2 is 1.65 bits per heavy atom. The van der Waals surface area contributed by atoms with E-state index in [9.17, 15) is 4.79 Å². The summed E-state index contributed by atoms with van der Waals surface area (Å²) in [4.78, 5) is 18.1. The summed E-state index contributed by atoms with van der Waals surface area (Å²) in [5.41, 5.74) is 6.65. The van der Waals surface area contributed by atoms with Crippen LogP contribution in [0.25, 0.3) is 0 Å². The van der Waals surface area contributed by atoms with E-state index >= 15 is 0 Å². The second-order valence-electron chi connectivity index (χ2n) is 13.4. The third kappa shape index (κ3) is 9.18. The van der Waals surface area contributed by atoms with Crippen LogP contribution >= 0.6 is 9.47 Å². The van der Waals surface area contributed by atoms with Gasteiger partial charge in [-0.1, -0.05) is 39.0 Å². The molecule has 0 radical (unpaired) electrons. The predicted molar refractivity (Wildman–Crippen MR) is 193 cm³/mol. The van der Waals surface area contributed by atoms with Crippen LogP contribution in [0.5, 0.6) is 11.5 Å². The summed E-state index contributed by atoms with van der Waals surface area (Å²) in [6, 6.07) is 18.3. The van der Waals surface area contributed by atoms with Crippen molar-refractivity contribution >= 4 is 32.4 Å². The molecule has 260 valence electrons. The molecule has 1 N–H and O–H groups in total. The molecule has 2 heterocycles. The van der Waals surface area contributed by atoms with Gasteiger partial charge >= 0.3 is 0 Å². The van der Waals surface area contributed by atoms with E-state index in [1.165, 1.54) is 5.56 Å². The van der Waals surface area contributed by atoms with Crippen LogP contribution in [0.15, 0.2) is 54.6 Å². The van der Waals surface area contributed by atoms with Crippen molar-refractivity contribution in [2.45, 2.75) is 46.4 Å². The first-order valence-electron chi connectivity index (χ1n) is 16.5. The fraction of sp³-hybridized carbons (Fsp3) is 0.486. The SMILES string of the molecule is COCCOCCOCCN(CC(C)(C)C)c1cc(COP)cc(COc2cc3c(cc2OC)C(=O)N2c4ccccc4C[C@H]2CN3)c1. The van der Waals surface area contributed by atoms with Gasteiger partial charge in [0.25, 0.3) is 5.91 Å². The Hall–Kier alpha value is -3.40. The molecule has 2 atom stereocenters. The second kappa shape index (κ2) is 16.8. The lowest BCUT2D eigenvalue weighted by Crippen LogP contribution is -2.39. The predicted octanol–water partition coefficient (Wildman–Crippen LogP) is 6.11. The lowest BCUT2D eigenvalue weighted by Gasteiger charge is -2.32. The smallest absolute Gasteiger partial charge is 0.260 e. The number of fused-ring (bicyclic) bond motifs is 4. The number of hydrogen-bond acceptors (Lipinski definition) is 9. The minimum atomic E-state index is -0.0360. The molecule has 3 aromatic carbocycles. The molecule has 1 unspecified atom stereocenters. The van der Waals surface area contributed by atoms with Gasteiger partial charge in [-0.25, -0.2) is 0 Å². The van der Waals surface area contributed by atoms with E-state index in [0.29, 0.717) is 69.9 Å². The average molecular weight is 680 g/mol. The summed E-state index contributed by atoms with van der Waals surface area (Å²) in [7, 11) is 5.60. The van der Waals surface area contributed by atoms with E-state index in [0.717, 1.165) is 47.7 Å². The van der Waals surface area contributed by atoms with Crippen molar-refractivity contribution in [2.75, 3.05) is 82.0 Å². The molecule has 5 rings (SSSR count). The Balaban J connectivity index is 1.32. The van der Waals surface area contributed by atoms with Crippen molar-refractivity contribution in [2.24, 2.45) is 5.41 Å². The highest BCUT2D eigenvalue weighted by Crippen LogP contribution is 2.40. The zero-order valence-electron chi connectivity index (χ0n) is 28.9. The van der Waals surface area contributed by atoms with Crippen molar-refractivity contribution in [1.29, 1.82) is 0 Å². The lowest BCUT2D eigenvalue weighted by atomic mass is 9.95. The Kier molecular flexibility index (Phi) is 12.6. The number of nitrogens with one attached hydrogen (secondary N) is 1. The minimum absolute atomic E-state index is 0.0360. The zero-order valence-corrected chi connectivity index (χ0v) is 30.0. The van der Waals surface area contributed by atoms with E-state index < -0.39 is 0 Å². The molecule has 2 aliphatic rings. The number of methoxy groups -OCH3 is 2. The highest BCUT2D eigenvalue weighted by Gasteiger charge is 2.37. The van der Waals surface area contributed by atoms with Crippen LogP contribution in [0.2, 0.25) is 0 Å². The first kappa shape index (κ1) is 35.9. The minimum Gasteiger partial charge on any atom is -0.493 e. The van der Waals surface area contributed by atoms with Crippen molar-refractivity contribution in [1.82, 2.24) is 0 Å². The Labute approximate surface area is 287 Å². The molecule has 0 fully saturated rings. The van der Waals surface area contributed by atoms with Crippen molar-refractivity contribution in [3.05, 3.63) is 76.9 Å². The van der Waals surface area contributed by atoms with Crippen molar-refractivity contribution in [3.63, 3.8) is 0 Å². The lowest BCUT2D eigenvalue weighted by molar-refractivity contribution is 0.0263. The standard InChI is InChI=1S/C37H50N3O7P/c1-37(2,3)25-39(10-11-44-14-15-45-13-12-42-4)29-17-26(16-27(18-29)24-47-48)23-46-35-21-32-31(20-34(35)43-5)36(41)40-30(22-38-32)19-28-8-6-7-9-33(28)40/h6-9,16-18,20-21,30,38H,10-15,19,22-25,48H2,1-5H3/t30-/m0/s1. The van der Waals surface area contributed by atoms with Gasteiger partial charge in [0.15, 0.2) is 11.5 Å². The van der Waals surface area contributed by atoms with Gasteiger partial charge in [-0.15, -0.1) is 0 Å². The number of nitrogens with zero attached hydrogens (tertiary/aromatic N) is 2. The van der Waals surface area contributed by atoms with Gasteiger partial charge in [-0.3, -0.25) is 4.79 Å². The van der Waals surface area contributed by atoms with Crippen LogP contribution in [0, 0.1) is 5.41 Å². The van der Waals surface area contributed by atoms with Crippen molar-refractivity contribution < 1.29 is 33.0 Å². The summed E-state index contributed by atoms with van der Waals surface area (Å²) in [5, 5.41) is 3.52. The van der Waals surface area contributed by atoms with E-state index in [-0.39, 0.29) is 17.4 Å². The number of hydrogen-bond donors (Lipinski definition) is 1. The summed E-state index contributed by atoms with van der Waals surface area (Å²) >= 11 is 0. The van der Waals surface area contributed by atoms with E-state index in [1.807, 2.05) is 29.2 Å². The molecule has 11 heteroatoms. The number of amides is 1. The molecule has 0 saturated heterocycles. The number of carbonyl (C=O) groups excluding carboxylic acids is 1. The summed E-state index contributed by atoms with van der Waals surface area (Å²) in [5.74, 6) is 1.05. The first-order valence-corrected chi connectivity index (χ1v) is 17.0. The molecule has 0 spiro atoms. The molecule has 2 aliphatic heterocycles. The van der Waals surface area contributed by atoms with Gasteiger partial charge in [-0.05, 0) is 58.9 Å². The zero-order chi connectivity index (χ0) is 34.1. The van der Waals surface area contributed by atoms with Crippen LogP contribution in [0.3, 0.4) is 0 Å². The van der Waals surface area contributed by atoms with E-state index in [2.05, 4.69) is 64.7 Å². The van der Waals surface area contributed by atoms with Gasteiger partial charge in [-0.2, -0.15) is 0 Å². The molecule has 0 saturated carbocycles. The van der Waals surface area contributed by atoms with Gasteiger partial charge in [0.05, 0.1) is 64.0 Å². The van der Waals surface area contributed by atoms with Gasteiger partial charge < -0.3 is 43.3 Å². The van der Waals surface area contributed by atoms with Gasteiger partial charge in [0.1, 0.15) is 6.61 Å². The summed E-state index contributed by atoms with van der Waals surface area (Å²) < 4.78 is 34.1.